The molecule has 7 nitrogen and oxygen atoms in total. The van der Waals surface area contributed by atoms with Gasteiger partial charge in [0.2, 0.25) is 5.95 Å². The molecule has 3 rings (SSSR count). The van der Waals surface area contributed by atoms with E-state index in [0.717, 1.165) is 18.7 Å². The van der Waals surface area contributed by atoms with Gasteiger partial charge < -0.3 is 5.11 Å². The van der Waals surface area contributed by atoms with Crippen LogP contribution in [0.1, 0.15) is 35.2 Å². The number of pyridine rings is 1. The molecule has 2 N–H and O–H groups in total. The summed E-state index contributed by atoms with van der Waals surface area (Å²) in [5, 5.41) is 20.1. The second kappa shape index (κ2) is 4.34. The molecule has 19 heavy (non-hydrogen) atoms. The molecule has 0 aromatic carbocycles. The van der Waals surface area contributed by atoms with E-state index in [1.165, 1.54) is 12.3 Å². The van der Waals surface area contributed by atoms with Gasteiger partial charge in [0.1, 0.15) is 11.6 Å². The minimum Gasteiger partial charge on any atom is -0.505 e. The van der Waals surface area contributed by atoms with Crippen LogP contribution in [0.4, 0.5) is 5.95 Å². The van der Waals surface area contributed by atoms with E-state index in [1.807, 2.05) is 11.5 Å². The zero-order valence-corrected chi connectivity index (χ0v) is 10.4. The first-order chi connectivity index (χ1) is 9.16. The van der Waals surface area contributed by atoms with Crippen molar-refractivity contribution < 1.29 is 9.90 Å². The molecule has 0 unspecified atom stereocenters. The first-order valence-electron chi connectivity index (χ1n) is 6.03. The molecule has 1 fully saturated rings. The molecule has 0 bridgehead atoms. The number of nitrogens with one attached hydrogen (secondary N) is 1. The SMILES string of the molecule is Cc1nnc(NC(=O)c2ncccc2O)n1C1CC1. The maximum Gasteiger partial charge on any atom is 0.280 e. The summed E-state index contributed by atoms with van der Waals surface area (Å²) in [6, 6.07) is 3.34. The van der Waals surface area contributed by atoms with E-state index in [9.17, 15) is 9.90 Å². The third-order valence-electron chi connectivity index (χ3n) is 3.01. The van der Waals surface area contributed by atoms with Crippen molar-refractivity contribution in [3.8, 4) is 5.75 Å². The summed E-state index contributed by atoms with van der Waals surface area (Å²) in [5.41, 5.74) is -0.0227. The molecule has 0 atom stereocenters. The monoisotopic (exact) mass is 259 g/mol. The predicted octanol–water partition coefficient (Wildman–Crippen LogP) is 1.27. The lowest BCUT2D eigenvalue weighted by Crippen LogP contribution is -2.17. The van der Waals surface area contributed by atoms with Crippen molar-refractivity contribution in [1.29, 1.82) is 0 Å². The molecule has 7 heteroatoms. The van der Waals surface area contributed by atoms with Crippen molar-refractivity contribution in [2.75, 3.05) is 5.32 Å². The number of rotatable bonds is 3. The van der Waals surface area contributed by atoms with Gasteiger partial charge in [-0.2, -0.15) is 0 Å². The van der Waals surface area contributed by atoms with E-state index in [-0.39, 0.29) is 11.4 Å². The second-order valence-electron chi connectivity index (χ2n) is 4.50. The van der Waals surface area contributed by atoms with Gasteiger partial charge in [-0.15, -0.1) is 10.2 Å². The van der Waals surface area contributed by atoms with Gasteiger partial charge in [0.05, 0.1) is 0 Å². The zero-order valence-electron chi connectivity index (χ0n) is 10.4. The number of nitrogens with zero attached hydrogens (tertiary/aromatic N) is 4. The molecule has 1 amide bonds. The van der Waals surface area contributed by atoms with Gasteiger partial charge in [0.25, 0.3) is 5.91 Å². The molecule has 0 spiro atoms. The van der Waals surface area contributed by atoms with Crippen molar-refractivity contribution in [1.82, 2.24) is 19.7 Å². The largest absolute Gasteiger partial charge is 0.505 e. The molecule has 0 aliphatic heterocycles. The first kappa shape index (κ1) is 11.6. The molecular weight excluding hydrogens is 246 g/mol. The number of aryl methyl sites for hydroxylation is 1. The van der Waals surface area contributed by atoms with Crippen LogP contribution in [-0.2, 0) is 0 Å². The Hall–Kier alpha value is -2.44. The number of aromatic nitrogens is 4. The highest BCUT2D eigenvalue weighted by molar-refractivity contribution is 6.03. The van der Waals surface area contributed by atoms with Crippen LogP contribution in [0.15, 0.2) is 18.3 Å². The fourth-order valence-corrected chi connectivity index (χ4v) is 1.96. The molecule has 0 radical (unpaired) electrons. The minimum atomic E-state index is -0.493. The molecule has 2 aromatic heterocycles. The normalized spacial score (nSPS) is 14.4. The van der Waals surface area contributed by atoms with Gasteiger partial charge in [0, 0.05) is 12.2 Å². The fourth-order valence-electron chi connectivity index (χ4n) is 1.96. The summed E-state index contributed by atoms with van der Waals surface area (Å²) >= 11 is 0. The van der Waals surface area contributed by atoms with Gasteiger partial charge in [-0.25, -0.2) is 4.98 Å². The van der Waals surface area contributed by atoms with Crippen molar-refractivity contribution in [3.63, 3.8) is 0 Å². The van der Waals surface area contributed by atoms with E-state index < -0.39 is 5.91 Å². The fraction of sp³-hybridized carbons (Fsp3) is 0.333. The quantitative estimate of drug-likeness (QED) is 0.866. The Labute approximate surface area is 109 Å². The maximum absolute atomic E-state index is 12.0. The van der Waals surface area contributed by atoms with E-state index in [0.29, 0.717) is 12.0 Å². The summed E-state index contributed by atoms with van der Waals surface area (Å²) in [4.78, 5) is 15.9. The van der Waals surface area contributed by atoms with Crippen LogP contribution in [0, 0.1) is 6.92 Å². The van der Waals surface area contributed by atoms with Gasteiger partial charge in [-0.1, -0.05) is 0 Å². The summed E-state index contributed by atoms with van der Waals surface area (Å²) in [7, 11) is 0. The van der Waals surface area contributed by atoms with Crippen molar-refractivity contribution in [2.24, 2.45) is 0 Å². The molecule has 1 aliphatic rings. The Balaban J connectivity index is 1.86. The third-order valence-corrected chi connectivity index (χ3v) is 3.01. The van der Waals surface area contributed by atoms with E-state index >= 15 is 0 Å². The molecule has 2 heterocycles. The van der Waals surface area contributed by atoms with Gasteiger partial charge in [-0.3, -0.25) is 14.7 Å². The summed E-state index contributed by atoms with van der Waals surface area (Å²) in [6.07, 6.45) is 3.58. The topological polar surface area (TPSA) is 92.9 Å². The van der Waals surface area contributed by atoms with Gasteiger partial charge in [0.15, 0.2) is 5.69 Å². The van der Waals surface area contributed by atoms with Crippen molar-refractivity contribution in [3.05, 3.63) is 29.8 Å². The third kappa shape index (κ3) is 2.14. The van der Waals surface area contributed by atoms with E-state index in [2.05, 4.69) is 20.5 Å². The predicted molar refractivity (Wildman–Crippen MR) is 66.9 cm³/mol. The molecule has 2 aromatic rings. The van der Waals surface area contributed by atoms with Crippen molar-refractivity contribution >= 4 is 11.9 Å². The van der Waals surface area contributed by atoms with Gasteiger partial charge in [-0.05, 0) is 31.9 Å². The molecule has 0 saturated heterocycles. The summed E-state index contributed by atoms with van der Waals surface area (Å²) in [5.74, 6) is 0.514. The molecule has 1 aliphatic carbocycles. The highest BCUT2D eigenvalue weighted by Crippen LogP contribution is 2.37. The maximum atomic E-state index is 12.0. The minimum absolute atomic E-state index is 0.0227. The first-order valence-corrected chi connectivity index (χ1v) is 6.03. The lowest BCUT2D eigenvalue weighted by atomic mass is 10.3. The number of carbonyl (C=O) groups is 1. The molecular formula is C12H13N5O2. The van der Waals surface area contributed by atoms with Crippen LogP contribution in [0.25, 0.3) is 0 Å². The van der Waals surface area contributed by atoms with Crippen LogP contribution in [0.3, 0.4) is 0 Å². The average Bonchev–Trinajstić information content (AvgIpc) is 3.15. The Morgan fingerprint density at radius 3 is 2.95 bits per heavy atom. The van der Waals surface area contributed by atoms with Crippen LogP contribution >= 0.6 is 0 Å². The Kier molecular flexibility index (Phi) is 2.66. The Bertz CT molecular complexity index is 633. The standard InChI is InChI=1S/C12H13N5O2/c1-7-15-16-12(17(7)8-4-5-8)14-11(19)10-9(18)3-2-6-13-10/h2-3,6,8,18H,4-5H2,1H3,(H,14,16,19). The summed E-state index contributed by atoms with van der Waals surface area (Å²) in [6.45, 7) is 1.85. The van der Waals surface area contributed by atoms with Crippen molar-refractivity contribution in [2.45, 2.75) is 25.8 Å². The molecule has 1 saturated carbocycles. The number of aromatic hydroxyl groups is 1. The second-order valence-corrected chi connectivity index (χ2v) is 4.50. The lowest BCUT2D eigenvalue weighted by Gasteiger charge is -2.08. The number of carbonyl (C=O) groups excluding carboxylic acids is 1. The summed E-state index contributed by atoms with van der Waals surface area (Å²) < 4.78 is 1.90. The zero-order chi connectivity index (χ0) is 13.4. The van der Waals surface area contributed by atoms with Gasteiger partial charge >= 0.3 is 0 Å². The van der Waals surface area contributed by atoms with Crippen LogP contribution in [0.2, 0.25) is 0 Å². The van der Waals surface area contributed by atoms with Crippen LogP contribution in [0.5, 0.6) is 5.75 Å². The Morgan fingerprint density at radius 2 is 2.26 bits per heavy atom. The highest BCUT2D eigenvalue weighted by atomic mass is 16.3. The Morgan fingerprint density at radius 1 is 1.47 bits per heavy atom. The molecule has 98 valence electrons. The number of amides is 1. The highest BCUT2D eigenvalue weighted by Gasteiger charge is 2.29. The number of hydrogen-bond donors (Lipinski definition) is 2. The van der Waals surface area contributed by atoms with E-state index in [1.54, 1.807) is 6.07 Å². The lowest BCUT2D eigenvalue weighted by molar-refractivity contribution is 0.101. The van der Waals surface area contributed by atoms with Crippen LogP contribution in [-0.4, -0.2) is 30.8 Å². The number of anilines is 1. The number of hydrogen-bond acceptors (Lipinski definition) is 5. The van der Waals surface area contributed by atoms with Crippen LogP contribution < -0.4 is 5.32 Å². The smallest absolute Gasteiger partial charge is 0.280 e. The average molecular weight is 259 g/mol. The van der Waals surface area contributed by atoms with E-state index in [4.69, 9.17) is 0 Å².